The first-order valence-electron chi connectivity index (χ1n) is 12.6. The van der Waals surface area contributed by atoms with E-state index in [0.717, 1.165) is 24.3 Å². The van der Waals surface area contributed by atoms with E-state index in [1.54, 1.807) is 0 Å². The van der Waals surface area contributed by atoms with Crippen LogP contribution in [0, 0.1) is 23.4 Å². The zero-order valence-electron chi connectivity index (χ0n) is 21.2. The third-order valence-electron chi connectivity index (χ3n) is 7.48. The molecule has 0 saturated heterocycles. The first kappa shape index (κ1) is 27.7. The molecule has 4 aromatic rings. The van der Waals surface area contributed by atoms with Crippen LogP contribution in [0.5, 0.6) is 0 Å². The molecule has 1 fully saturated rings. The highest BCUT2D eigenvalue weighted by Gasteiger charge is 2.68. The third-order valence-corrected chi connectivity index (χ3v) is 7.48. The van der Waals surface area contributed by atoms with Crippen molar-refractivity contribution >= 4 is 5.91 Å². The van der Waals surface area contributed by atoms with Crippen LogP contribution in [-0.4, -0.2) is 20.8 Å². The molecule has 0 radical (unpaired) electrons. The second kappa shape index (κ2) is 9.53. The van der Waals surface area contributed by atoms with Gasteiger partial charge in [0.05, 0.1) is 17.3 Å². The van der Waals surface area contributed by atoms with Crippen LogP contribution in [0.2, 0.25) is 0 Å². The first-order chi connectivity index (χ1) is 19.8. The van der Waals surface area contributed by atoms with Crippen molar-refractivity contribution in [2.75, 3.05) is 5.43 Å². The fraction of sp³-hybridized carbons (Fsp3) is 0.250. The number of hydrogen-bond donors (Lipinski definition) is 2. The Balaban J connectivity index is 1.50. The van der Waals surface area contributed by atoms with E-state index in [1.165, 1.54) is 24.4 Å². The Hall–Kier alpha value is -4.49. The molecule has 2 aromatic carbocycles. The predicted octanol–water partition coefficient (Wildman–Crippen LogP) is 6.22. The summed E-state index contributed by atoms with van der Waals surface area (Å²) >= 11 is 0. The quantitative estimate of drug-likeness (QED) is 0.250. The molecule has 3 N–H and O–H groups in total. The number of hydrogen-bond acceptors (Lipinski definition) is 4. The van der Waals surface area contributed by atoms with Gasteiger partial charge in [-0.2, -0.15) is 26.7 Å². The highest BCUT2D eigenvalue weighted by atomic mass is 19.4. The predicted molar refractivity (Wildman–Crippen MR) is 132 cm³/mol. The number of amides is 1. The number of carbonyl (C=O) groups is 1. The summed E-state index contributed by atoms with van der Waals surface area (Å²) < 4.78 is 115. The molecule has 0 aliphatic heterocycles. The lowest BCUT2D eigenvalue weighted by Gasteiger charge is -2.25. The van der Waals surface area contributed by atoms with E-state index in [0.29, 0.717) is 10.9 Å². The Labute approximate surface area is 232 Å². The molecule has 1 amide bonds. The lowest BCUT2D eigenvalue weighted by molar-refractivity contribution is -0.142. The molecule has 218 valence electrons. The van der Waals surface area contributed by atoms with Gasteiger partial charge in [-0.3, -0.25) is 9.78 Å². The molecule has 6 nitrogen and oxygen atoms in total. The molecule has 3 unspecified atom stereocenters. The number of nitrogens with one attached hydrogen (secondary N) is 1. The number of nitrogens with zero attached hydrogens (tertiary/aromatic N) is 3. The van der Waals surface area contributed by atoms with Gasteiger partial charge < -0.3 is 11.2 Å². The summed E-state index contributed by atoms with van der Waals surface area (Å²) in [6.45, 7) is 0. The van der Waals surface area contributed by atoms with Gasteiger partial charge in [0, 0.05) is 35.7 Å². The van der Waals surface area contributed by atoms with Crippen molar-refractivity contribution < 1.29 is 39.9 Å². The van der Waals surface area contributed by atoms with E-state index < -0.39 is 75.9 Å². The third kappa shape index (κ3) is 4.64. The number of pyridine rings is 1. The van der Waals surface area contributed by atoms with Crippen molar-refractivity contribution in [2.45, 2.75) is 36.9 Å². The number of benzene rings is 2. The van der Waals surface area contributed by atoms with Crippen molar-refractivity contribution in [3.63, 3.8) is 0 Å². The minimum absolute atomic E-state index is 0.0213. The number of nitrogens with two attached hydrogens (primary N) is 1. The Bertz CT molecular complexity index is 1710. The van der Waals surface area contributed by atoms with Crippen molar-refractivity contribution in [1.82, 2.24) is 14.9 Å². The molecule has 0 spiro atoms. The van der Waals surface area contributed by atoms with Crippen molar-refractivity contribution in [1.29, 1.82) is 0 Å². The molecule has 2 aliphatic rings. The van der Waals surface area contributed by atoms with E-state index in [4.69, 9.17) is 5.73 Å². The number of rotatable bonds is 7. The van der Waals surface area contributed by atoms with Gasteiger partial charge in [-0.25, -0.2) is 13.2 Å². The van der Waals surface area contributed by atoms with E-state index in [9.17, 15) is 31.1 Å². The Morgan fingerprint density at radius 2 is 1.81 bits per heavy atom. The van der Waals surface area contributed by atoms with Crippen molar-refractivity contribution in [2.24, 2.45) is 11.7 Å². The zero-order valence-corrected chi connectivity index (χ0v) is 21.2. The normalized spacial score (nSPS) is 19.2. The summed E-state index contributed by atoms with van der Waals surface area (Å²) in [5.41, 5.74) is 4.87. The highest BCUT2D eigenvalue weighted by molar-refractivity contribution is 5.94. The molecule has 2 aliphatic carbocycles. The maximum atomic E-state index is 15.3. The second-order valence-corrected chi connectivity index (χ2v) is 10.3. The van der Waals surface area contributed by atoms with E-state index in [-0.39, 0.29) is 35.2 Å². The SMILES string of the molecule is NC(=O)c1cc(-c2cccnc2C(Cc2cc(F)cc(F)c2)Nn2nc(C(F)(F)F)c3c2C(F)(F)C2CC32)ccc1F. The Kier molecular flexibility index (Phi) is 6.28. The van der Waals surface area contributed by atoms with Gasteiger partial charge >= 0.3 is 6.18 Å². The fourth-order valence-corrected chi connectivity index (χ4v) is 5.63. The molecule has 14 heteroatoms. The fourth-order valence-electron chi connectivity index (χ4n) is 5.63. The summed E-state index contributed by atoms with van der Waals surface area (Å²) in [5, 5.41) is 3.48. The van der Waals surface area contributed by atoms with E-state index >= 15 is 8.78 Å². The molecule has 0 bridgehead atoms. The van der Waals surface area contributed by atoms with E-state index in [1.807, 2.05) is 0 Å². The average Bonchev–Trinajstić information content (AvgIpc) is 3.55. The largest absolute Gasteiger partial charge is 0.435 e. The Morgan fingerprint density at radius 1 is 1.10 bits per heavy atom. The average molecular weight is 593 g/mol. The van der Waals surface area contributed by atoms with Gasteiger partial charge in [0.2, 0.25) is 0 Å². The minimum Gasteiger partial charge on any atom is -0.366 e. The molecule has 3 atom stereocenters. The summed E-state index contributed by atoms with van der Waals surface area (Å²) in [7, 11) is 0. The van der Waals surface area contributed by atoms with E-state index in [2.05, 4.69) is 15.5 Å². The maximum absolute atomic E-state index is 15.3. The van der Waals surface area contributed by atoms with Crippen LogP contribution in [0.25, 0.3) is 11.1 Å². The number of alkyl halides is 5. The summed E-state index contributed by atoms with van der Waals surface area (Å²) in [4.78, 5) is 16.4. The Morgan fingerprint density at radius 3 is 2.48 bits per heavy atom. The number of primary amides is 1. The van der Waals surface area contributed by atoms with Crippen LogP contribution in [0.15, 0.2) is 54.7 Å². The lowest BCUT2D eigenvalue weighted by atomic mass is 9.95. The van der Waals surface area contributed by atoms with Gasteiger partial charge in [-0.15, -0.1) is 5.10 Å². The lowest BCUT2D eigenvalue weighted by Crippen LogP contribution is -2.31. The summed E-state index contributed by atoms with van der Waals surface area (Å²) in [6.07, 6.45) is -4.19. The summed E-state index contributed by atoms with van der Waals surface area (Å²) in [6, 6.07) is 7.61. The van der Waals surface area contributed by atoms with Crippen molar-refractivity contribution in [3.05, 3.63) is 106 Å². The monoisotopic (exact) mass is 593 g/mol. The van der Waals surface area contributed by atoms with Crippen LogP contribution in [0.1, 0.15) is 56.9 Å². The first-order valence-corrected chi connectivity index (χ1v) is 12.6. The number of fused-ring (bicyclic) bond motifs is 3. The summed E-state index contributed by atoms with van der Waals surface area (Å²) in [5.74, 6) is -9.80. The van der Waals surface area contributed by atoms with Gasteiger partial charge in [0.1, 0.15) is 23.1 Å². The minimum atomic E-state index is -5.03. The number of aromatic nitrogens is 3. The molecule has 2 aromatic heterocycles. The second-order valence-electron chi connectivity index (χ2n) is 10.3. The van der Waals surface area contributed by atoms with Gasteiger partial charge in [-0.05, 0) is 53.8 Å². The van der Waals surface area contributed by atoms with Crippen LogP contribution >= 0.6 is 0 Å². The number of halogens is 8. The topological polar surface area (TPSA) is 85.8 Å². The molecule has 1 saturated carbocycles. The van der Waals surface area contributed by atoms with Crippen LogP contribution in [-0.2, 0) is 18.5 Å². The molecular formula is C28H19F8N5O. The molecular weight excluding hydrogens is 574 g/mol. The molecule has 6 rings (SSSR count). The van der Waals surface area contributed by atoms with Crippen LogP contribution in [0.3, 0.4) is 0 Å². The molecule has 42 heavy (non-hydrogen) atoms. The van der Waals surface area contributed by atoms with Crippen LogP contribution < -0.4 is 11.2 Å². The highest BCUT2D eigenvalue weighted by Crippen LogP contribution is 2.68. The van der Waals surface area contributed by atoms with Crippen molar-refractivity contribution in [3.8, 4) is 11.1 Å². The van der Waals surface area contributed by atoms with Gasteiger partial charge in [-0.1, -0.05) is 12.1 Å². The zero-order chi connectivity index (χ0) is 30.1. The standard InChI is InChI=1S/C28H19F8N5O/c29-14-6-12(7-15(30)10-14)8-21(23-16(2-1-5-38-23)13-3-4-20(31)18(9-13)26(37)42)39-41-25-22(24(40-41)28(34,35)36)17-11-19(17)27(25,32)33/h1-7,9-10,17,19,21,39H,8,11H2,(H2,37,42). The number of carbonyl (C=O) groups excluding carboxylic acids is 1. The van der Waals surface area contributed by atoms with Crippen LogP contribution in [0.4, 0.5) is 35.1 Å². The smallest absolute Gasteiger partial charge is 0.366 e. The van der Waals surface area contributed by atoms with Gasteiger partial charge in [0.25, 0.3) is 11.8 Å². The maximum Gasteiger partial charge on any atom is 0.435 e. The van der Waals surface area contributed by atoms with Gasteiger partial charge in [0.15, 0.2) is 5.69 Å². The molecule has 2 heterocycles.